The minimum atomic E-state index is 0.210. The van der Waals surface area contributed by atoms with Gasteiger partial charge in [0.15, 0.2) is 0 Å². The van der Waals surface area contributed by atoms with Gasteiger partial charge in [-0.1, -0.05) is 38.5 Å². The minimum Gasteiger partial charge on any atom is -0.127 e. The summed E-state index contributed by atoms with van der Waals surface area (Å²) in [5.74, 6) is 0. The highest BCUT2D eigenvalue weighted by molar-refractivity contribution is 8.03. The fourth-order valence-corrected chi connectivity index (χ4v) is 2.14. The first-order valence-corrected chi connectivity index (χ1v) is 6.04. The van der Waals surface area contributed by atoms with Crippen LogP contribution in [0.4, 0.5) is 0 Å². The lowest BCUT2D eigenvalue weighted by molar-refractivity contribution is 0.445. The Morgan fingerprint density at radius 1 is 1.14 bits per heavy atom. The number of hydrogen-bond donors (Lipinski definition) is 0. The molecule has 82 valence electrons. The third-order valence-electron chi connectivity index (χ3n) is 3.17. The molecule has 0 N–H and O–H groups in total. The molecule has 0 rings (SSSR count). The monoisotopic (exact) mass is 212 g/mol. The first-order chi connectivity index (χ1) is 6.19. The molecule has 1 atom stereocenters. The van der Waals surface area contributed by atoms with Gasteiger partial charge in [-0.15, -0.1) is 11.8 Å². The van der Waals surface area contributed by atoms with Crippen molar-refractivity contribution in [1.82, 2.24) is 0 Å². The van der Waals surface area contributed by atoms with Crippen molar-refractivity contribution in [3.05, 3.63) is 22.6 Å². The second-order valence-corrected chi connectivity index (χ2v) is 6.37. The van der Waals surface area contributed by atoms with Gasteiger partial charge in [-0.05, 0) is 38.0 Å². The Morgan fingerprint density at radius 3 is 1.86 bits per heavy atom. The molecule has 14 heavy (non-hydrogen) atoms. The van der Waals surface area contributed by atoms with E-state index in [1.54, 1.807) is 0 Å². The molecule has 1 unspecified atom stereocenters. The van der Waals surface area contributed by atoms with Gasteiger partial charge in [0, 0.05) is 5.25 Å². The van der Waals surface area contributed by atoms with Crippen molar-refractivity contribution in [3.8, 4) is 0 Å². The number of rotatable bonds is 4. The molecule has 0 saturated heterocycles. The van der Waals surface area contributed by atoms with Gasteiger partial charge in [-0.3, -0.25) is 0 Å². The van der Waals surface area contributed by atoms with Crippen molar-refractivity contribution in [2.45, 2.75) is 53.7 Å². The standard InChI is InChI=1S/C13H24S/c1-9(2)11(5)14-12(6)13(7,8)10(3)4/h12H,3H2,1-2,4-8H3. The van der Waals surface area contributed by atoms with Gasteiger partial charge < -0.3 is 0 Å². The van der Waals surface area contributed by atoms with Crippen LogP contribution < -0.4 is 0 Å². The van der Waals surface area contributed by atoms with Crippen molar-refractivity contribution in [3.63, 3.8) is 0 Å². The SMILES string of the molecule is C=C(C)C(C)(C)C(C)SC(C)=C(C)C. The summed E-state index contributed by atoms with van der Waals surface area (Å²) in [6.45, 7) is 19.6. The van der Waals surface area contributed by atoms with E-state index >= 15 is 0 Å². The van der Waals surface area contributed by atoms with E-state index in [1.165, 1.54) is 16.1 Å². The van der Waals surface area contributed by atoms with Crippen LogP contribution in [0.5, 0.6) is 0 Å². The van der Waals surface area contributed by atoms with E-state index in [1.807, 2.05) is 11.8 Å². The molecule has 0 aromatic heterocycles. The summed E-state index contributed by atoms with van der Waals surface area (Å²) in [7, 11) is 0. The Labute approximate surface area is 93.9 Å². The van der Waals surface area contributed by atoms with Crippen molar-refractivity contribution in [2.24, 2.45) is 5.41 Å². The third-order valence-corrected chi connectivity index (χ3v) is 4.88. The zero-order valence-corrected chi connectivity index (χ0v) is 11.5. The highest BCUT2D eigenvalue weighted by atomic mass is 32.2. The fraction of sp³-hybridized carbons (Fsp3) is 0.692. The molecule has 0 aliphatic heterocycles. The van der Waals surface area contributed by atoms with E-state index in [4.69, 9.17) is 0 Å². The Balaban J connectivity index is 4.58. The van der Waals surface area contributed by atoms with Gasteiger partial charge >= 0.3 is 0 Å². The maximum Gasteiger partial charge on any atom is 0.0151 e. The van der Waals surface area contributed by atoms with Gasteiger partial charge in [0.2, 0.25) is 0 Å². The maximum absolute atomic E-state index is 4.07. The smallest absolute Gasteiger partial charge is 0.0151 e. The molecule has 0 aliphatic carbocycles. The van der Waals surface area contributed by atoms with Crippen LogP contribution in [0.2, 0.25) is 0 Å². The summed E-state index contributed by atoms with van der Waals surface area (Å²) < 4.78 is 0. The van der Waals surface area contributed by atoms with Crippen LogP contribution >= 0.6 is 11.8 Å². The molecule has 0 fully saturated rings. The van der Waals surface area contributed by atoms with E-state index in [-0.39, 0.29) is 5.41 Å². The van der Waals surface area contributed by atoms with E-state index in [0.29, 0.717) is 5.25 Å². The lowest BCUT2D eigenvalue weighted by Crippen LogP contribution is -2.24. The quantitative estimate of drug-likeness (QED) is 0.589. The molecule has 0 aliphatic rings. The average Bonchev–Trinajstić information content (AvgIpc) is 2.03. The van der Waals surface area contributed by atoms with Crippen LogP contribution in [-0.2, 0) is 0 Å². The van der Waals surface area contributed by atoms with Crippen LogP contribution in [0.3, 0.4) is 0 Å². The lowest BCUT2D eigenvalue weighted by atomic mass is 9.83. The maximum atomic E-state index is 4.07. The molecular weight excluding hydrogens is 188 g/mol. The zero-order valence-electron chi connectivity index (χ0n) is 10.7. The molecule has 0 spiro atoms. The van der Waals surface area contributed by atoms with Crippen LogP contribution in [0.25, 0.3) is 0 Å². The summed E-state index contributed by atoms with van der Waals surface area (Å²) >= 11 is 1.96. The molecule has 0 radical (unpaired) electrons. The molecule has 0 bridgehead atoms. The predicted octanol–water partition coefficient (Wildman–Crippen LogP) is 5.02. The second kappa shape index (κ2) is 5.06. The summed E-state index contributed by atoms with van der Waals surface area (Å²) in [5.41, 5.74) is 2.89. The Bertz CT molecular complexity index is 242. The van der Waals surface area contributed by atoms with Crippen LogP contribution in [0, 0.1) is 5.41 Å². The summed E-state index contributed by atoms with van der Waals surface area (Å²) in [4.78, 5) is 1.44. The van der Waals surface area contributed by atoms with Gasteiger partial charge in [0.1, 0.15) is 0 Å². The number of hydrogen-bond acceptors (Lipinski definition) is 1. The van der Waals surface area contributed by atoms with Crippen LogP contribution in [0.1, 0.15) is 48.5 Å². The van der Waals surface area contributed by atoms with E-state index in [9.17, 15) is 0 Å². The largest absolute Gasteiger partial charge is 0.127 e. The van der Waals surface area contributed by atoms with E-state index in [2.05, 4.69) is 55.0 Å². The van der Waals surface area contributed by atoms with Gasteiger partial charge in [-0.2, -0.15) is 0 Å². The van der Waals surface area contributed by atoms with Gasteiger partial charge in [0.05, 0.1) is 0 Å². The minimum absolute atomic E-state index is 0.210. The van der Waals surface area contributed by atoms with Crippen LogP contribution in [0.15, 0.2) is 22.6 Å². The summed E-state index contributed by atoms with van der Waals surface area (Å²) in [6.07, 6.45) is 0. The molecule has 0 saturated carbocycles. The molecule has 0 aromatic rings. The topological polar surface area (TPSA) is 0 Å². The Kier molecular flexibility index (Phi) is 5.00. The van der Waals surface area contributed by atoms with Crippen molar-refractivity contribution >= 4 is 11.8 Å². The number of thioether (sulfide) groups is 1. The normalized spacial score (nSPS) is 13.6. The Hall–Kier alpha value is -0.170. The second-order valence-electron chi connectivity index (χ2n) is 4.82. The van der Waals surface area contributed by atoms with Crippen molar-refractivity contribution in [2.75, 3.05) is 0 Å². The first-order valence-electron chi connectivity index (χ1n) is 5.16. The van der Waals surface area contributed by atoms with Gasteiger partial charge in [-0.25, -0.2) is 0 Å². The fourth-order valence-electron chi connectivity index (χ4n) is 0.877. The van der Waals surface area contributed by atoms with Crippen LogP contribution in [-0.4, -0.2) is 5.25 Å². The molecule has 0 heterocycles. The highest BCUT2D eigenvalue weighted by Gasteiger charge is 2.27. The van der Waals surface area contributed by atoms with E-state index < -0.39 is 0 Å². The van der Waals surface area contributed by atoms with Crippen molar-refractivity contribution in [1.29, 1.82) is 0 Å². The third kappa shape index (κ3) is 3.53. The highest BCUT2D eigenvalue weighted by Crippen LogP contribution is 2.39. The Morgan fingerprint density at radius 2 is 1.57 bits per heavy atom. The summed E-state index contributed by atoms with van der Waals surface area (Å²) in [6, 6.07) is 0. The average molecular weight is 212 g/mol. The molecule has 0 amide bonds. The van der Waals surface area contributed by atoms with Gasteiger partial charge in [0.25, 0.3) is 0 Å². The lowest BCUT2D eigenvalue weighted by Gasteiger charge is -2.32. The van der Waals surface area contributed by atoms with E-state index in [0.717, 1.165) is 0 Å². The first kappa shape index (κ1) is 13.8. The molecule has 1 heteroatoms. The molecular formula is C13H24S. The molecule has 0 aromatic carbocycles. The summed E-state index contributed by atoms with van der Waals surface area (Å²) in [5, 5.41) is 0.579. The molecule has 0 nitrogen and oxygen atoms in total. The van der Waals surface area contributed by atoms with Crippen molar-refractivity contribution < 1.29 is 0 Å². The predicted molar refractivity (Wildman–Crippen MR) is 69.7 cm³/mol. The number of allylic oxidation sites excluding steroid dienone is 3. The zero-order chi connectivity index (χ0) is 11.5.